The lowest BCUT2D eigenvalue weighted by Crippen LogP contribution is -2.45. The van der Waals surface area contributed by atoms with Crippen molar-refractivity contribution in [3.05, 3.63) is 96.7 Å². The predicted octanol–water partition coefficient (Wildman–Crippen LogP) is 5.08. The van der Waals surface area contributed by atoms with E-state index in [-0.39, 0.29) is 17.6 Å². The summed E-state index contributed by atoms with van der Waals surface area (Å²) in [6.07, 6.45) is 0.971. The molecule has 6 nitrogen and oxygen atoms in total. The highest BCUT2D eigenvalue weighted by Crippen LogP contribution is 2.40. The first-order valence-corrected chi connectivity index (χ1v) is 11.3. The minimum atomic E-state index is -0.477. The molecule has 2 atom stereocenters. The fourth-order valence-electron chi connectivity index (χ4n) is 4.07. The normalized spacial score (nSPS) is 18.4. The molecule has 0 fully saturated rings. The number of non-ortho nitro benzene ring substituents is 1. The maximum Gasteiger partial charge on any atom is 0.269 e. The van der Waals surface area contributed by atoms with Crippen LogP contribution in [0.4, 0.5) is 5.69 Å². The van der Waals surface area contributed by atoms with E-state index in [9.17, 15) is 14.9 Å². The first-order valence-electron chi connectivity index (χ1n) is 10.0. The van der Waals surface area contributed by atoms with Gasteiger partial charge in [-0.3, -0.25) is 19.8 Å². The summed E-state index contributed by atoms with van der Waals surface area (Å²) in [5, 5.41) is 16.6. The van der Waals surface area contributed by atoms with Crippen molar-refractivity contribution in [1.29, 1.82) is 0 Å². The highest BCUT2D eigenvalue weighted by Gasteiger charge is 2.33. The van der Waals surface area contributed by atoms with Gasteiger partial charge in [-0.05, 0) is 60.2 Å². The van der Waals surface area contributed by atoms with Crippen molar-refractivity contribution in [2.45, 2.75) is 25.4 Å². The largest absolute Gasteiger partial charge is 0.351 e. The number of rotatable bonds is 6. The molecule has 0 aliphatic carbocycles. The fourth-order valence-corrected chi connectivity index (χ4v) is 5.28. The van der Waals surface area contributed by atoms with Crippen molar-refractivity contribution in [3.63, 3.8) is 0 Å². The Bertz CT molecular complexity index is 1080. The molecule has 2 aromatic carbocycles. The zero-order chi connectivity index (χ0) is 22.0. The molecule has 31 heavy (non-hydrogen) atoms. The first kappa shape index (κ1) is 21.5. The molecule has 2 heterocycles. The van der Waals surface area contributed by atoms with Crippen molar-refractivity contribution in [1.82, 2.24) is 10.2 Å². The van der Waals surface area contributed by atoms with Crippen LogP contribution < -0.4 is 5.32 Å². The van der Waals surface area contributed by atoms with Gasteiger partial charge in [-0.15, -0.1) is 11.3 Å². The van der Waals surface area contributed by atoms with Crippen molar-refractivity contribution in [2.24, 2.45) is 0 Å². The summed E-state index contributed by atoms with van der Waals surface area (Å²) in [6.45, 7) is 3.37. The van der Waals surface area contributed by atoms with E-state index >= 15 is 0 Å². The summed E-state index contributed by atoms with van der Waals surface area (Å²) in [6, 6.07) is 16.2. The van der Waals surface area contributed by atoms with Crippen LogP contribution in [-0.4, -0.2) is 34.9 Å². The third-order valence-electron chi connectivity index (χ3n) is 5.62. The van der Waals surface area contributed by atoms with E-state index in [1.165, 1.54) is 40.3 Å². The number of carbonyl (C=O) groups excluding carboxylic acids is 1. The predicted molar refractivity (Wildman–Crippen MR) is 123 cm³/mol. The molecule has 0 unspecified atom stereocenters. The molecule has 1 N–H and O–H groups in total. The molecule has 0 saturated carbocycles. The molecular weight excluding hydrogens is 434 g/mol. The number of nitrogens with one attached hydrogen (secondary N) is 1. The third kappa shape index (κ3) is 4.63. The number of fused-ring (bicyclic) bond motifs is 1. The number of amides is 1. The monoisotopic (exact) mass is 455 g/mol. The number of halogens is 1. The summed E-state index contributed by atoms with van der Waals surface area (Å²) < 4.78 is 0. The van der Waals surface area contributed by atoms with Crippen molar-refractivity contribution < 1.29 is 9.72 Å². The highest BCUT2D eigenvalue weighted by atomic mass is 35.5. The van der Waals surface area contributed by atoms with E-state index in [0.29, 0.717) is 29.7 Å². The molecule has 1 aliphatic rings. The van der Waals surface area contributed by atoms with Gasteiger partial charge in [0.2, 0.25) is 0 Å². The number of thiophene rings is 1. The van der Waals surface area contributed by atoms with E-state index in [4.69, 9.17) is 11.6 Å². The van der Waals surface area contributed by atoms with Crippen LogP contribution >= 0.6 is 22.9 Å². The summed E-state index contributed by atoms with van der Waals surface area (Å²) in [7, 11) is 0. The first-order chi connectivity index (χ1) is 14.9. The van der Waals surface area contributed by atoms with Crippen molar-refractivity contribution >= 4 is 34.5 Å². The van der Waals surface area contributed by atoms with Crippen LogP contribution in [0.2, 0.25) is 5.02 Å². The third-order valence-corrected chi connectivity index (χ3v) is 6.89. The molecule has 8 heteroatoms. The Morgan fingerprint density at radius 3 is 2.58 bits per heavy atom. The van der Waals surface area contributed by atoms with Gasteiger partial charge >= 0.3 is 0 Å². The van der Waals surface area contributed by atoms with E-state index in [1.54, 1.807) is 11.3 Å². The second kappa shape index (κ2) is 9.18. The van der Waals surface area contributed by atoms with E-state index < -0.39 is 4.92 Å². The number of carbonyl (C=O) groups is 1. The molecule has 0 spiro atoms. The smallest absolute Gasteiger partial charge is 0.269 e. The number of hydrogen-bond donors (Lipinski definition) is 1. The Morgan fingerprint density at radius 2 is 1.90 bits per heavy atom. The Labute approximate surface area is 189 Å². The number of benzene rings is 2. The van der Waals surface area contributed by atoms with Gasteiger partial charge in [0.05, 0.1) is 11.0 Å². The standard InChI is InChI=1S/C23H22ClN3O3S/c1-15-14-18-10-13-31-22(18)21(16-2-6-19(24)7-3-16)26(15)12-11-25-23(28)17-4-8-20(9-5-17)27(29)30/h2-10,13,15,21H,11-12,14H2,1H3,(H,25,28)/t15-,21+/m1/s1. The topological polar surface area (TPSA) is 75.5 Å². The fraction of sp³-hybridized carbons (Fsp3) is 0.261. The van der Waals surface area contributed by atoms with Crippen molar-refractivity contribution in [3.8, 4) is 0 Å². The summed E-state index contributed by atoms with van der Waals surface area (Å²) >= 11 is 7.86. The molecule has 1 amide bonds. The van der Waals surface area contributed by atoms with Gasteiger partial charge in [0.1, 0.15) is 0 Å². The molecule has 1 aromatic heterocycles. The Kier molecular flexibility index (Phi) is 6.36. The van der Waals surface area contributed by atoms with E-state index in [2.05, 4.69) is 40.7 Å². The molecule has 160 valence electrons. The van der Waals surface area contributed by atoms with Gasteiger partial charge in [0.15, 0.2) is 0 Å². The molecular formula is C23H22ClN3O3S. The lowest BCUT2D eigenvalue weighted by molar-refractivity contribution is -0.384. The lowest BCUT2D eigenvalue weighted by atomic mass is 9.91. The Balaban J connectivity index is 1.47. The van der Waals surface area contributed by atoms with Crippen LogP contribution in [0.3, 0.4) is 0 Å². The van der Waals surface area contributed by atoms with Gasteiger partial charge in [-0.1, -0.05) is 23.7 Å². The minimum absolute atomic E-state index is 0.0313. The van der Waals surface area contributed by atoms with Crippen LogP contribution in [-0.2, 0) is 6.42 Å². The summed E-state index contributed by atoms with van der Waals surface area (Å²) in [5.74, 6) is -0.237. The Hall–Kier alpha value is -2.74. The number of nitrogens with zero attached hydrogens (tertiary/aromatic N) is 2. The van der Waals surface area contributed by atoms with Gasteiger partial charge < -0.3 is 5.32 Å². The van der Waals surface area contributed by atoms with Gasteiger partial charge in [-0.2, -0.15) is 0 Å². The summed E-state index contributed by atoms with van der Waals surface area (Å²) in [4.78, 5) is 26.5. The van der Waals surface area contributed by atoms with Crippen molar-refractivity contribution in [2.75, 3.05) is 13.1 Å². The second-order valence-corrected chi connectivity index (χ2v) is 9.00. The molecule has 1 aliphatic heterocycles. The minimum Gasteiger partial charge on any atom is -0.351 e. The maximum absolute atomic E-state index is 12.5. The zero-order valence-corrected chi connectivity index (χ0v) is 18.5. The van der Waals surface area contributed by atoms with Gasteiger partial charge in [0.25, 0.3) is 11.6 Å². The molecule has 0 bridgehead atoms. The second-order valence-electron chi connectivity index (χ2n) is 7.62. The highest BCUT2D eigenvalue weighted by molar-refractivity contribution is 7.10. The molecule has 4 rings (SSSR count). The van der Waals surface area contributed by atoms with Crippen LogP contribution in [0.25, 0.3) is 0 Å². The number of hydrogen-bond acceptors (Lipinski definition) is 5. The lowest BCUT2D eigenvalue weighted by Gasteiger charge is -2.41. The molecule has 0 radical (unpaired) electrons. The van der Waals surface area contributed by atoms with E-state index in [0.717, 1.165) is 6.42 Å². The van der Waals surface area contributed by atoms with E-state index in [1.807, 2.05) is 12.1 Å². The van der Waals surface area contributed by atoms with Crippen LogP contribution in [0.5, 0.6) is 0 Å². The average Bonchev–Trinajstić information content (AvgIpc) is 3.22. The van der Waals surface area contributed by atoms with Gasteiger partial charge in [0, 0.05) is 46.7 Å². The van der Waals surface area contributed by atoms with Crippen LogP contribution in [0.15, 0.2) is 60.0 Å². The van der Waals surface area contributed by atoms with Crippen LogP contribution in [0.1, 0.15) is 39.3 Å². The quantitative estimate of drug-likeness (QED) is 0.415. The zero-order valence-electron chi connectivity index (χ0n) is 17.0. The molecule has 3 aromatic rings. The van der Waals surface area contributed by atoms with Crippen LogP contribution in [0, 0.1) is 10.1 Å². The number of nitro groups is 1. The number of nitro benzene ring substituents is 1. The SMILES string of the molecule is C[C@@H]1Cc2ccsc2[C@H](c2ccc(Cl)cc2)N1CCNC(=O)c1ccc([N+](=O)[O-])cc1. The van der Waals surface area contributed by atoms with Gasteiger partial charge in [-0.25, -0.2) is 0 Å². The maximum atomic E-state index is 12.5. The summed E-state index contributed by atoms with van der Waals surface area (Å²) in [5.41, 5.74) is 2.94. The average molecular weight is 456 g/mol. The molecule has 0 saturated heterocycles. The Morgan fingerprint density at radius 1 is 1.19 bits per heavy atom.